The average molecular weight is 506 g/mol. The molecule has 0 atom stereocenters. The van der Waals surface area contributed by atoms with Crippen molar-refractivity contribution in [3.63, 3.8) is 0 Å². The fourth-order valence-electron chi connectivity index (χ4n) is 3.72. The molecule has 0 bridgehead atoms. The fraction of sp³-hybridized carbons (Fsp3) is 0.667. The summed E-state index contributed by atoms with van der Waals surface area (Å²) >= 11 is 1.95. The molecule has 0 aromatic heterocycles. The Labute approximate surface area is 186 Å². The maximum atomic E-state index is 5.54. The van der Waals surface area contributed by atoms with Crippen molar-refractivity contribution < 1.29 is 4.74 Å². The lowest BCUT2D eigenvalue weighted by Crippen LogP contribution is -2.50. The SMILES string of the molecule is CCC(CC)(CNC(=NC)NCC1(SC)CCOCC1)c1ccccc1.I. The molecule has 0 aliphatic carbocycles. The molecule has 0 unspecified atom stereocenters. The van der Waals surface area contributed by atoms with Gasteiger partial charge in [0.2, 0.25) is 0 Å². The Morgan fingerprint density at radius 1 is 1.15 bits per heavy atom. The number of halogens is 1. The molecule has 1 aromatic carbocycles. The zero-order chi connectivity index (χ0) is 18.9. The number of rotatable bonds is 8. The molecule has 1 heterocycles. The van der Waals surface area contributed by atoms with Gasteiger partial charge >= 0.3 is 0 Å². The van der Waals surface area contributed by atoms with Gasteiger partial charge in [-0.15, -0.1) is 24.0 Å². The number of benzene rings is 1. The molecule has 1 aliphatic rings. The Morgan fingerprint density at radius 3 is 2.30 bits per heavy atom. The monoisotopic (exact) mass is 505 g/mol. The highest BCUT2D eigenvalue weighted by Crippen LogP contribution is 2.33. The van der Waals surface area contributed by atoms with Crippen LogP contribution in [0.15, 0.2) is 35.3 Å². The Morgan fingerprint density at radius 2 is 1.78 bits per heavy atom. The third-order valence-electron chi connectivity index (χ3n) is 5.97. The van der Waals surface area contributed by atoms with Gasteiger partial charge in [0.05, 0.1) is 0 Å². The molecule has 27 heavy (non-hydrogen) atoms. The van der Waals surface area contributed by atoms with E-state index in [-0.39, 0.29) is 34.1 Å². The van der Waals surface area contributed by atoms with Crippen molar-refractivity contribution in [3.8, 4) is 0 Å². The molecule has 0 amide bonds. The summed E-state index contributed by atoms with van der Waals surface area (Å²) in [6.07, 6.45) is 6.59. The number of thioether (sulfide) groups is 1. The van der Waals surface area contributed by atoms with E-state index in [1.54, 1.807) is 0 Å². The summed E-state index contributed by atoms with van der Waals surface area (Å²) < 4.78 is 5.79. The second-order valence-electron chi connectivity index (χ2n) is 7.13. The van der Waals surface area contributed by atoms with Crippen molar-refractivity contribution in [2.45, 2.75) is 49.7 Å². The summed E-state index contributed by atoms with van der Waals surface area (Å²) in [5.41, 5.74) is 1.53. The summed E-state index contributed by atoms with van der Waals surface area (Å²) in [5, 5.41) is 7.16. The Bertz CT molecular complexity index is 558. The van der Waals surface area contributed by atoms with Gasteiger partial charge in [-0.3, -0.25) is 4.99 Å². The van der Waals surface area contributed by atoms with E-state index in [0.717, 1.165) is 57.9 Å². The van der Waals surface area contributed by atoms with Gasteiger partial charge in [-0.25, -0.2) is 0 Å². The van der Waals surface area contributed by atoms with Crippen LogP contribution in [0.5, 0.6) is 0 Å². The minimum atomic E-state index is 0. The van der Waals surface area contributed by atoms with Crippen LogP contribution < -0.4 is 10.6 Å². The highest BCUT2D eigenvalue weighted by molar-refractivity contribution is 14.0. The van der Waals surface area contributed by atoms with Crippen LogP contribution in [0.4, 0.5) is 0 Å². The molecule has 2 N–H and O–H groups in total. The number of guanidine groups is 1. The van der Waals surface area contributed by atoms with Gasteiger partial charge in [0.1, 0.15) is 0 Å². The van der Waals surface area contributed by atoms with Crippen LogP contribution in [-0.4, -0.2) is 50.3 Å². The van der Waals surface area contributed by atoms with Crippen molar-refractivity contribution in [2.75, 3.05) is 39.6 Å². The minimum Gasteiger partial charge on any atom is -0.381 e. The maximum absolute atomic E-state index is 5.54. The summed E-state index contributed by atoms with van der Waals surface area (Å²) in [4.78, 5) is 4.46. The van der Waals surface area contributed by atoms with Crippen LogP contribution in [0.25, 0.3) is 0 Å². The van der Waals surface area contributed by atoms with E-state index in [0.29, 0.717) is 0 Å². The van der Waals surface area contributed by atoms with Crippen LogP contribution in [-0.2, 0) is 10.2 Å². The highest BCUT2D eigenvalue weighted by atomic mass is 127. The zero-order valence-electron chi connectivity index (χ0n) is 17.2. The second-order valence-corrected chi connectivity index (χ2v) is 8.41. The molecule has 1 aromatic rings. The van der Waals surface area contributed by atoms with E-state index >= 15 is 0 Å². The van der Waals surface area contributed by atoms with Crippen molar-refractivity contribution in [1.82, 2.24) is 10.6 Å². The van der Waals surface area contributed by atoms with E-state index in [1.807, 2.05) is 18.8 Å². The second kappa shape index (κ2) is 12.2. The molecule has 154 valence electrons. The van der Waals surface area contributed by atoms with E-state index in [2.05, 4.69) is 66.1 Å². The van der Waals surface area contributed by atoms with Gasteiger partial charge in [0.25, 0.3) is 0 Å². The lowest BCUT2D eigenvalue weighted by molar-refractivity contribution is 0.0783. The van der Waals surface area contributed by atoms with E-state index in [4.69, 9.17) is 4.74 Å². The van der Waals surface area contributed by atoms with E-state index in [1.165, 1.54) is 5.56 Å². The Kier molecular flexibility index (Phi) is 11.1. The van der Waals surface area contributed by atoms with Gasteiger partial charge in [-0.2, -0.15) is 11.8 Å². The standard InChI is InChI=1S/C21H35N3OS.HI/c1-5-20(6-2,18-10-8-7-9-11-18)16-23-19(22-3)24-17-21(26-4)12-14-25-15-13-21;/h7-11H,5-6,12-17H2,1-4H3,(H2,22,23,24);1H. The van der Waals surface area contributed by atoms with Gasteiger partial charge < -0.3 is 15.4 Å². The minimum absolute atomic E-state index is 0. The summed E-state index contributed by atoms with van der Waals surface area (Å²) in [7, 11) is 1.85. The molecular weight excluding hydrogens is 469 g/mol. The van der Waals surface area contributed by atoms with Crippen molar-refractivity contribution in [2.24, 2.45) is 4.99 Å². The largest absolute Gasteiger partial charge is 0.381 e. The van der Waals surface area contributed by atoms with Crippen LogP contribution in [0.2, 0.25) is 0 Å². The first-order valence-corrected chi connectivity index (χ1v) is 11.0. The fourth-order valence-corrected chi connectivity index (χ4v) is 4.51. The third-order valence-corrected chi connectivity index (χ3v) is 7.39. The van der Waals surface area contributed by atoms with E-state index in [9.17, 15) is 0 Å². The van der Waals surface area contributed by atoms with Crippen molar-refractivity contribution in [1.29, 1.82) is 0 Å². The van der Waals surface area contributed by atoms with Gasteiger partial charge in [0.15, 0.2) is 5.96 Å². The predicted molar refractivity (Wildman–Crippen MR) is 130 cm³/mol. The molecule has 1 saturated heterocycles. The molecule has 4 nitrogen and oxygen atoms in total. The molecule has 0 spiro atoms. The number of aliphatic imine (C=N–C) groups is 1. The third kappa shape index (κ3) is 6.53. The van der Waals surface area contributed by atoms with Gasteiger partial charge in [-0.1, -0.05) is 44.2 Å². The number of nitrogens with one attached hydrogen (secondary N) is 2. The summed E-state index contributed by atoms with van der Waals surface area (Å²) in [6, 6.07) is 10.8. The van der Waals surface area contributed by atoms with Crippen LogP contribution in [0.3, 0.4) is 0 Å². The maximum Gasteiger partial charge on any atom is 0.191 e. The lowest BCUT2D eigenvalue weighted by atomic mass is 9.76. The summed E-state index contributed by atoms with van der Waals surface area (Å²) in [5.74, 6) is 0.895. The zero-order valence-corrected chi connectivity index (χ0v) is 20.4. The Balaban J connectivity index is 0.00000364. The molecule has 0 saturated carbocycles. The van der Waals surface area contributed by atoms with Crippen LogP contribution >= 0.6 is 35.7 Å². The molecule has 1 aliphatic heterocycles. The molecule has 6 heteroatoms. The van der Waals surface area contributed by atoms with Crippen LogP contribution in [0, 0.1) is 0 Å². The Hall–Kier alpha value is -0.470. The quantitative estimate of drug-likeness (QED) is 0.312. The number of ether oxygens (including phenoxy) is 1. The van der Waals surface area contributed by atoms with E-state index < -0.39 is 0 Å². The number of hydrogen-bond acceptors (Lipinski definition) is 3. The van der Waals surface area contributed by atoms with Crippen molar-refractivity contribution in [3.05, 3.63) is 35.9 Å². The first-order valence-electron chi connectivity index (χ1n) is 9.76. The molecule has 2 rings (SSSR count). The van der Waals surface area contributed by atoms with Crippen molar-refractivity contribution >= 4 is 41.7 Å². The molecule has 1 fully saturated rings. The van der Waals surface area contributed by atoms with Gasteiger partial charge in [-0.05, 0) is 37.5 Å². The summed E-state index contributed by atoms with van der Waals surface area (Å²) in [6.45, 7) is 8.08. The van der Waals surface area contributed by atoms with Gasteiger partial charge in [0, 0.05) is 43.5 Å². The number of hydrogen-bond donors (Lipinski definition) is 2. The average Bonchev–Trinajstić information content (AvgIpc) is 2.72. The molecular formula is C21H36IN3OS. The highest BCUT2D eigenvalue weighted by Gasteiger charge is 2.32. The molecule has 0 radical (unpaired) electrons. The number of nitrogens with zero attached hydrogens (tertiary/aromatic N) is 1. The topological polar surface area (TPSA) is 45.7 Å². The first-order chi connectivity index (χ1) is 12.6. The van der Waals surface area contributed by atoms with Crippen LogP contribution in [0.1, 0.15) is 45.1 Å². The lowest BCUT2D eigenvalue weighted by Gasteiger charge is -2.37. The normalized spacial score (nSPS) is 17.1. The predicted octanol–water partition coefficient (Wildman–Crippen LogP) is 4.44. The first kappa shape index (κ1) is 24.6. The smallest absolute Gasteiger partial charge is 0.191 e.